The summed E-state index contributed by atoms with van der Waals surface area (Å²) in [5, 5.41) is 20.4. The Morgan fingerprint density at radius 3 is 2.67 bits per heavy atom. The minimum absolute atomic E-state index is 0.107. The molecular formula is C11H13NO3. The minimum atomic E-state index is -0.589. The van der Waals surface area contributed by atoms with E-state index in [1.165, 1.54) is 6.07 Å². The summed E-state index contributed by atoms with van der Waals surface area (Å²) < 4.78 is 0. The van der Waals surface area contributed by atoms with Gasteiger partial charge in [-0.3, -0.25) is 10.1 Å². The minimum Gasteiger partial charge on any atom is -0.502 e. The topological polar surface area (TPSA) is 63.4 Å². The number of hydrogen-bond donors (Lipinski definition) is 1. The Morgan fingerprint density at radius 1 is 1.60 bits per heavy atom. The van der Waals surface area contributed by atoms with Gasteiger partial charge in [0.1, 0.15) is 0 Å². The van der Waals surface area contributed by atoms with Gasteiger partial charge in [-0.25, -0.2) is 0 Å². The van der Waals surface area contributed by atoms with E-state index >= 15 is 0 Å². The monoisotopic (exact) mass is 207 g/mol. The van der Waals surface area contributed by atoms with Crippen LogP contribution in [0.4, 0.5) is 5.69 Å². The van der Waals surface area contributed by atoms with Crippen molar-refractivity contribution in [3.8, 4) is 5.75 Å². The smallest absolute Gasteiger partial charge is 0.311 e. The van der Waals surface area contributed by atoms with Crippen molar-refractivity contribution in [1.29, 1.82) is 0 Å². The quantitative estimate of drug-likeness (QED) is 0.471. The third-order valence-electron chi connectivity index (χ3n) is 2.42. The molecule has 0 aliphatic rings. The van der Waals surface area contributed by atoms with E-state index in [0.29, 0.717) is 5.56 Å². The number of benzene rings is 1. The Hall–Kier alpha value is -1.84. The second-order valence-electron chi connectivity index (χ2n) is 3.45. The van der Waals surface area contributed by atoms with E-state index < -0.39 is 4.92 Å². The summed E-state index contributed by atoms with van der Waals surface area (Å²) in [5.41, 5.74) is 1.13. The lowest BCUT2D eigenvalue weighted by Gasteiger charge is -2.12. The number of aryl methyl sites for hydroxylation is 1. The van der Waals surface area contributed by atoms with Gasteiger partial charge in [-0.15, -0.1) is 6.58 Å². The Morgan fingerprint density at radius 2 is 2.20 bits per heavy atom. The second-order valence-corrected chi connectivity index (χ2v) is 3.45. The first-order valence-corrected chi connectivity index (χ1v) is 4.58. The van der Waals surface area contributed by atoms with Gasteiger partial charge in [0.15, 0.2) is 5.75 Å². The summed E-state index contributed by atoms with van der Waals surface area (Å²) in [5.74, 6) is -0.364. The van der Waals surface area contributed by atoms with Crippen molar-refractivity contribution >= 4 is 5.69 Å². The fourth-order valence-electron chi connectivity index (χ4n) is 1.54. The average Bonchev–Trinajstić information content (AvgIpc) is 2.16. The summed E-state index contributed by atoms with van der Waals surface area (Å²) in [4.78, 5) is 10.0. The van der Waals surface area contributed by atoms with Gasteiger partial charge in [-0.05, 0) is 12.5 Å². The van der Waals surface area contributed by atoms with Gasteiger partial charge in [0.05, 0.1) is 4.92 Å². The van der Waals surface area contributed by atoms with Gasteiger partial charge in [0, 0.05) is 17.5 Å². The molecule has 1 atom stereocenters. The first-order chi connectivity index (χ1) is 6.99. The maximum absolute atomic E-state index is 10.6. The van der Waals surface area contributed by atoms with Gasteiger partial charge in [-0.2, -0.15) is 0 Å². The number of nitro benzene ring substituents is 1. The summed E-state index contributed by atoms with van der Waals surface area (Å²) in [6, 6.07) is 2.94. The molecule has 80 valence electrons. The summed E-state index contributed by atoms with van der Waals surface area (Å²) >= 11 is 0. The van der Waals surface area contributed by atoms with Crippen LogP contribution in [0.15, 0.2) is 24.8 Å². The molecule has 0 fully saturated rings. The maximum atomic E-state index is 10.6. The van der Waals surface area contributed by atoms with E-state index in [4.69, 9.17) is 0 Å². The molecule has 0 saturated carbocycles. The first-order valence-electron chi connectivity index (χ1n) is 4.58. The number of rotatable bonds is 3. The maximum Gasteiger partial charge on any atom is 0.311 e. The molecule has 1 N–H and O–H groups in total. The molecule has 1 rings (SSSR count). The SMILES string of the molecule is C=CC(C)c1c(C)ccc([N+](=O)[O-])c1O. The highest BCUT2D eigenvalue weighted by Gasteiger charge is 2.20. The van der Waals surface area contributed by atoms with Gasteiger partial charge >= 0.3 is 5.69 Å². The third kappa shape index (κ3) is 1.98. The molecular weight excluding hydrogens is 194 g/mol. The summed E-state index contributed by atoms with van der Waals surface area (Å²) in [6.07, 6.45) is 1.64. The third-order valence-corrected chi connectivity index (χ3v) is 2.42. The van der Waals surface area contributed by atoms with Crippen molar-refractivity contribution < 1.29 is 10.0 Å². The molecule has 4 nitrogen and oxygen atoms in total. The molecule has 1 unspecified atom stereocenters. The van der Waals surface area contributed by atoms with Crippen LogP contribution in [0.1, 0.15) is 24.0 Å². The Balaban J connectivity index is 3.42. The van der Waals surface area contributed by atoms with Crippen LogP contribution in [-0.4, -0.2) is 10.0 Å². The van der Waals surface area contributed by atoms with Crippen LogP contribution in [0.5, 0.6) is 5.75 Å². The zero-order valence-corrected chi connectivity index (χ0v) is 8.73. The van der Waals surface area contributed by atoms with Gasteiger partial charge in [0.2, 0.25) is 0 Å². The molecule has 1 aromatic carbocycles. The fourth-order valence-corrected chi connectivity index (χ4v) is 1.54. The van der Waals surface area contributed by atoms with Crippen LogP contribution in [0, 0.1) is 17.0 Å². The Labute approximate surface area is 88.0 Å². The van der Waals surface area contributed by atoms with Crippen molar-refractivity contribution in [3.63, 3.8) is 0 Å². The van der Waals surface area contributed by atoms with Gasteiger partial charge < -0.3 is 5.11 Å². The van der Waals surface area contributed by atoms with Crippen molar-refractivity contribution in [1.82, 2.24) is 0 Å². The molecule has 0 spiro atoms. The number of hydrogen-bond acceptors (Lipinski definition) is 3. The van der Waals surface area contributed by atoms with Gasteiger partial charge in [-0.1, -0.05) is 19.1 Å². The van der Waals surface area contributed by atoms with Crippen molar-refractivity contribution in [2.24, 2.45) is 0 Å². The summed E-state index contributed by atoms with van der Waals surface area (Å²) in [6.45, 7) is 7.25. The number of phenols is 1. The number of phenolic OH excluding ortho intramolecular Hbond substituents is 1. The van der Waals surface area contributed by atoms with Crippen LogP contribution in [-0.2, 0) is 0 Å². The van der Waals surface area contributed by atoms with E-state index in [9.17, 15) is 15.2 Å². The molecule has 4 heteroatoms. The molecule has 0 heterocycles. The summed E-state index contributed by atoms with van der Waals surface area (Å²) in [7, 11) is 0. The molecule has 0 aliphatic heterocycles. The molecule has 0 bridgehead atoms. The zero-order valence-electron chi connectivity index (χ0n) is 8.73. The molecule has 15 heavy (non-hydrogen) atoms. The molecule has 0 aliphatic carbocycles. The Kier molecular flexibility index (Phi) is 3.09. The molecule has 1 aromatic rings. The first kappa shape index (κ1) is 11.2. The largest absolute Gasteiger partial charge is 0.502 e. The van der Waals surface area contributed by atoms with Crippen LogP contribution >= 0.6 is 0 Å². The van der Waals surface area contributed by atoms with E-state index in [1.807, 2.05) is 6.92 Å². The van der Waals surface area contributed by atoms with Crippen molar-refractivity contribution in [3.05, 3.63) is 46.0 Å². The number of aromatic hydroxyl groups is 1. The van der Waals surface area contributed by atoms with Crippen LogP contribution in [0.2, 0.25) is 0 Å². The van der Waals surface area contributed by atoms with Gasteiger partial charge in [0.25, 0.3) is 0 Å². The van der Waals surface area contributed by atoms with Crippen LogP contribution in [0.3, 0.4) is 0 Å². The fraction of sp³-hybridized carbons (Fsp3) is 0.273. The lowest BCUT2D eigenvalue weighted by atomic mass is 9.95. The van der Waals surface area contributed by atoms with Crippen LogP contribution < -0.4 is 0 Å². The second kappa shape index (κ2) is 4.13. The Bertz CT molecular complexity index is 413. The molecule has 0 radical (unpaired) electrons. The van der Waals surface area contributed by atoms with Crippen molar-refractivity contribution in [2.75, 3.05) is 0 Å². The lowest BCUT2D eigenvalue weighted by molar-refractivity contribution is -0.386. The molecule has 0 amide bonds. The highest BCUT2D eigenvalue weighted by Crippen LogP contribution is 2.36. The van der Waals surface area contributed by atoms with E-state index in [2.05, 4.69) is 6.58 Å². The van der Waals surface area contributed by atoms with E-state index in [-0.39, 0.29) is 17.4 Å². The van der Waals surface area contributed by atoms with Crippen molar-refractivity contribution in [2.45, 2.75) is 19.8 Å². The van der Waals surface area contributed by atoms with E-state index in [1.54, 1.807) is 19.1 Å². The molecule has 0 aromatic heterocycles. The number of nitrogens with zero attached hydrogens (tertiary/aromatic N) is 1. The van der Waals surface area contributed by atoms with Crippen LogP contribution in [0.25, 0.3) is 0 Å². The van der Waals surface area contributed by atoms with E-state index in [0.717, 1.165) is 5.56 Å². The standard InChI is InChI=1S/C11H13NO3/c1-4-7(2)10-8(3)5-6-9(11(10)13)12(14)15/h4-7,13H,1H2,2-3H3. The predicted octanol–water partition coefficient (Wildman–Crippen LogP) is 2.90. The average molecular weight is 207 g/mol. The highest BCUT2D eigenvalue weighted by molar-refractivity contribution is 5.55. The highest BCUT2D eigenvalue weighted by atomic mass is 16.6. The number of nitro groups is 1. The molecule has 0 saturated heterocycles. The predicted molar refractivity (Wildman–Crippen MR) is 58.1 cm³/mol. The normalized spacial score (nSPS) is 12.1. The number of allylic oxidation sites excluding steroid dienone is 1. The lowest BCUT2D eigenvalue weighted by Crippen LogP contribution is -1.97. The zero-order chi connectivity index (χ0) is 11.6.